The molecule has 1 aromatic carbocycles. The fourth-order valence-electron chi connectivity index (χ4n) is 4.40. The molecule has 2 saturated heterocycles. The van der Waals surface area contributed by atoms with Crippen LogP contribution in [0.25, 0.3) is 11.1 Å². The van der Waals surface area contributed by atoms with Crippen LogP contribution in [-0.2, 0) is 4.74 Å². The number of hydrogen-bond donors (Lipinski definition) is 1. The van der Waals surface area contributed by atoms with E-state index < -0.39 is 0 Å². The van der Waals surface area contributed by atoms with Crippen molar-refractivity contribution in [3.05, 3.63) is 48.0 Å². The molecule has 1 N–H and O–H groups in total. The normalized spacial score (nSPS) is 23.7. The summed E-state index contributed by atoms with van der Waals surface area (Å²) in [7, 11) is 1.71. The number of hydrogen-bond acceptors (Lipinski definition) is 3. The predicted octanol–water partition coefficient (Wildman–Crippen LogP) is 4.23. The number of nitrogens with zero attached hydrogens (tertiary/aromatic N) is 2. The average molecular weight is 369 g/mol. The number of halogens is 1. The molecule has 5 rings (SSSR count). The summed E-state index contributed by atoms with van der Waals surface area (Å²) in [6, 6.07) is 7.68. The van der Waals surface area contributed by atoms with E-state index in [0.29, 0.717) is 29.8 Å². The Bertz CT molecular complexity index is 853. The van der Waals surface area contributed by atoms with Crippen molar-refractivity contribution in [2.45, 2.75) is 38.3 Å². The fourth-order valence-corrected chi connectivity index (χ4v) is 4.40. The first kappa shape index (κ1) is 17.9. The Labute approximate surface area is 158 Å². The van der Waals surface area contributed by atoms with Crippen LogP contribution in [-0.4, -0.2) is 41.7 Å². The zero-order valence-corrected chi connectivity index (χ0v) is 15.6. The Morgan fingerprint density at radius 1 is 1.33 bits per heavy atom. The first-order valence-electron chi connectivity index (χ1n) is 9.36. The van der Waals surface area contributed by atoms with Gasteiger partial charge in [0.05, 0.1) is 12.8 Å². The number of methoxy groups -OCH3 is 1. The first-order valence-corrected chi connectivity index (χ1v) is 9.36. The van der Waals surface area contributed by atoms with E-state index in [0.717, 1.165) is 30.4 Å². The van der Waals surface area contributed by atoms with Crippen LogP contribution in [0, 0.1) is 18.7 Å². The van der Waals surface area contributed by atoms with Gasteiger partial charge >= 0.3 is 6.03 Å². The molecule has 5 nitrogen and oxygen atoms in total. The van der Waals surface area contributed by atoms with Gasteiger partial charge in [-0.3, -0.25) is 4.98 Å². The van der Waals surface area contributed by atoms with Gasteiger partial charge in [-0.25, -0.2) is 9.18 Å². The van der Waals surface area contributed by atoms with Crippen molar-refractivity contribution < 1.29 is 13.9 Å². The number of urea groups is 1. The summed E-state index contributed by atoms with van der Waals surface area (Å²) in [4.78, 5) is 18.7. The van der Waals surface area contributed by atoms with E-state index in [1.807, 2.05) is 30.0 Å². The number of ether oxygens (including phenoxy) is 1. The zero-order chi connectivity index (χ0) is 19.0. The van der Waals surface area contributed by atoms with Gasteiger partial charge in [-0.15, -0.1) is 0 Å². The summed E-state index contributed by atoms with van der Waals surface area (Å²) in [6.07, 6.45) is 6.03. The predicted molar refractivity (Wildman–Crippen MR) is 102 cm³/mol. The molecule has 0 spiro atoms. The molecule has 2 amide bonds. The minimum Gasteiger partial charge on any atom is -0.384 e. The van der Waals surface area contributed by atoms with Crippen LogP contribution in [0.1, 0.15) is 24.8 Å². The molecule has 142 valence electrons. The Kier molecular flexibility index (Phi) is 4.83. The Hall–Kier alpha value is -2.47. The number of anilines is 1. The van der Waals surface area contributed by atoms with E-state index >= 15 is 0 Å². The van der Waals surface area contributed by atoms with E-state index in [-0.39, 0.29) is 17.9 Å². The number of aromatic nitrogens is 1. The lowest BCUT2D eigenvalue weighted by Crippen LogP contribution is -2.66. The van der Waals surface area contributed by atoms with Gasteiger partial charge in [-0.2, -0.15) is 0 Å². The highest BCUT2D eigenvalue weighted by atomic mass is 19.1. The monoisotopic (exact) mass is 369 g/mol. The van der Waals surface area contributed by atoms with Crippen molar-refractivity contribution in [3.63, 3.8) is 0 Å². The van der Waals surface area contributed by atoms with Gasteiger partial charge in [0, 0.05) is 42.6 Å². The summed E-state index contributed by atoms with van der Waals surface area (Å²) >= 11 is 0. The number of rotatable bonds is 4. The number of carbonyl (C=O) groups excluding carboxylic acids is 1. The number of fused-ring (bicyclic) bond motifs is 2. The molecule has 0 unspecified atom stereocenters. The number of benzene rings is 1. The molecule has 6 heteroatoms. The van der Waals surface area contributed by atoms with Gasteiger partial charge in [0.15, 0.2) is 0 Å². The van der Waals surface area contributed by atoms with Gasteiger partial charge in [-0.05, 0) is 55.5 Å². The highest BCUT2D eigenvalue weighted by Gasteiger charge is 2.49. The fraction of sp³-hybridized carbons (Fsp3) is 0.429. The highest BCUT2D eigenvalue weighted by molar-refractivity contribution is 5.91. The lowest BCUT2D eigenvalue weighted by molar-refractivity contribution is -0.0475. The van der Waals surface area contributed by atoms with Crippen LogP contribution >= 0.6 is 0 Å². The number of aryl methyl sites for hydroxylation is 1. The van der Waals surface area contributed by atoms with Crippen LogP contribution in [0.15, 0.2) is 36.7 Å². The standard InChI is InChI=1S/C21H24FN3O2/c1-13-3-5-17(8-19(13)15-7-16(22)11-23-10-15)24-21(26)25-18-6-4-14(12-27-2)20(25)9-18/h3,5,7-8,10-11,14,18,20H,4,6,9,12H2,1-2H3,(H,24,26)/t14-,18-,20-/m1/s1. The van der Waals surface area contributed by atoms with Crippen LogP contribution in [0.4, 0.5) is 14.9 Å². The topological polar surface area (TPSA) is 54.5 Å². The van der Waals surface area contributed by atoms with Gasteiger partial charge in [0.1, 0.15) is 5.82 Å². The third-order valence-electron chi connectivity index (χ3n) is 5.80. The Morgan fingerprint density at radius 2 is 2.19 bits per heavy atom. The van der Waals surface area contributed by atoms with Crippen molar-refractivity contribution in [2.75, 3.05) is 19.0 Å². The number of amides is 2. The minimum atomic E-state index is -0.376. The van der Waals surface area contributed by atoms with Gasteiger partial charge in [0.2, 0.25) is 0 Å². The van der Waals surface area contributed by atoms with E-state index in [9.17, 15) is 9.18 Å². The van der Waals surface area contributed by atoms with E-state index in [4.69, 9.17) is 4.74 Å². The molecular weight excluding hydrogens is 345 g/mol. The molecule has 1 aromatic heterocycles. The van der Waals surface area contributed by atoms with Gasteiger partial charge < -0.3 is 15.0 Å². The average Bonchev–Trinajstić information content (AvgIpc) is 2.63. The highest BCUT2D eigenvalue weighted by Crippen LogP contribution is 2.42. The lowest BCUT2D eigenvalue weighted by atomic mass is 9.73. The quantitative estimate of drug-likeness (QED) is 0.878. The maximum Gasteiger partial charge on any atom is 0.322 e. The number of carbonyl (C=O) groups is 1. The number of piperidine rings is 1. The van der Waals surface area contributed by atoms with Crippen LogP contribution < -0.4 is 5.32 Å². The Balaban J connectivity index is 1.52. The Morgan fingerprint density at radius 3 is 2.93 bits per heavy atom. The third kappa shape index (κ3) is 3.41. The molecule has 2 aromatic rings. The molecule has 0 radical (unpaired) electrons. The minimum absolute atomic E-state index is 0.0655. The molecule has 27 heavy (non-hydrogen) atoms. The van der Waals surface area contributed by atoms with Crippen LogP contribution in [0.5, 0.6) is 0 Å². The SMILES string of the molecule is COC[C@H]1CC[C@@H]2C[C@H]1N2C(=O)Nc1ccc(C)c(-c2cncc(F)c2)c1. The van der Waals surface area contributed by atoms with Crippen molar-refractivity contribution in [2.24, 2.45) is 5.92 Å². The lowest BCUT2D eigenvalue weighted by Gasteiger charge is -2.56. The molecule has 2 bridgehead atoms. The summed E-state index contributed by atoms with van der Waals surface area (Å²) in [6.45, 7) is 2.66. The summed E-state index contributed by atoms with van der Waals surface area (Å²) in [5.41, 5.74) is 3.27. The molecule has 3 fully saturated rings. The third-order valence-corrected chi connectivity index (χ3v) is 5.80. The summed E-state index contributed by atoms with van der Waals surface area (Å²) in [5, 5.41) is 3.02. The van der Waals surface area contributed by atoms with Crippen LogP contribution in [0.3, 0.4) is 0 Å². The van der Waals surface area contributed by atoms with Crippen molar-refractivity contribution in [1.82, 2.24) is 9.88 Å². The summed E-state index contributed by atoms with van der Waals surface area (Å²) < 4.78 is 18.9. The first-order chi connectivity index (χ1) is 13.1. The van der Waals surface area contributed by atoms with Crippen molar-refractivity contribution >= 4 is 11.7 Å². The molecule has 1 aliphatic carbocycles. The molecule has 3 atom stereocenters. The molecule has 1 saturated carbocycles. The molecule has 3 aliphatic rings. The molecule has 3 heterocycles. The number of nitrogens with one attached hydrogen (secondary N) is 1. The van der Waals surface area contributed by atoms with E-state index in [2.05, 4.69) is 10.3 Å². The smallest absolute Gasteiger partial charge is 0.322 e. The van der Waals surface area contributed by atoms with E-state index in [1.165, 1.54) is 12.3 Å². The number of pyridine rings is 1. The maximum atomic E-state index is 13.5. The molecular formula is C21H24FN3O2. The second-order valence-electron chi connectivity index (χ2n) is 7.51. The summed E-state index contributed by atoms with van der Waals surface area (Å²) in [5.74, 6) is 0.0385. The second kappa shape index (κ2) is 7.27. The van der Waals surface area contributed by atoms with Crippen molar-refractivity contribution in [3.8, 4) is 11.1 Å². The largest absolute Gasteiger partial charge is 0.384 e. The zero-order valence-electron chi connectivity index (χ0n) is 15.6. The van der Waals surface area contributed by atoms with Crippen molar-refractivity contribution in [1.29, 1.82) is 0 Å². The van der Waals surface area contributed by atoms with Crippen LogP contribution in [0.2, 0.25) is 0 Å². The van der Waals surface area contributed by atoms with Gasteiger partial charge in [0.25, 0.3) is 0 Å². The second-order valence-corrected chi connectivity index (χ2v) is 7.51. The maximum absolute atomic E-state index is 13.5. The van der Waals surface area contributed by atoms with Gasteiger partial charge in [-0.1, -0.05) is 6.07 Å². The van der Waals surface area contributed by atoms with E-state index in [1.54, 1.807) is 13.3 Å². The molecule has 2 aliphatic heterocycles.